The van der Waals surface area contributed by atoms with Gasteiger partial charge in [0.15, 0.2) is 0 Å². The molecule has 1 amide bonds. The normalized spacial score (nSPS) is 18.8. The minimum absolute atomic E-state index is 0.0111. The molecule has 1 saturated carbocycles. The summed E-state index contributed by atoms with van der Waals surface area (Å²) in [7, 11) is 1.73. The number of carbonyl (C=O) groups excluding carboxylic acids is 1. The van der Waals surface area contributed by atoms with Crippen LogP contribution in [0.5, 0.6) is 0 Å². The third kappa shape index (κ3) is 6.55. The third-order valence-corrected chi connectivity index (χ3v) is 6.02. The van der Waals surface area contributed by atoms with Crippen molar-refractivity contribution in [2.45, 2.75) is 45.3 Å². The summed E-state index contributed by atoms with van der Waals surface area (Å²) in [5, 5.41) is 16.1. The first kappa shape index (κ1) is 25.2. The number of anilines is 1. The van der Waals surface area contributed by atoms with Gasteiger partial charge in [-0.2, -0.15) is 13.2 Å². The van der Waals surface area contributed by atoms with Gasteiger partial charge in [0.1, 0.15) is 0 Å². The summed E-state index contributed by atoms with van der Waals surface area (Å²) in [5.41, 5.74) is 3.97. The summed E-state index contributed by atoms with van der Waals surface area (Å²) < 4.78 is 38.5. The van der Waals surface area contributed by atoms with E-state index in [4.69, 9.17) is 5.41 Å². The first-order valence-corrected chi connectivity index (χ1v) is 11.1. The van der Waals surface area contributed by atoms with Crippen molar-refractivity contribution in [2.24, 2.45) is 11.8 Å². The van der Waals surface area contributed by atoms with E-state index in [1.165, 1.54) is 0 Å². The number of hydrogen-bond acceptors (Lipinski definition) is 6. The summed E-state index contributed by atoms with van der Waals surface area (Å²) in [6, 6.07) is 7.55. The number of benzene rings is 1. The van der Waals surface area contributed by atoms with Gasteiger partial charge in [0.2, 0.25) is 11.9 Å². The minimum atomic E-state index is -4.17. The van der Waals surface area contributed by atoms with Crippen molar-refractivity contribution in [3.63, 3.8) is 0 Å². The largest absolute Gasteiger partial charge is 0.392 e. The Hall–Kier alpha value is -3.43. The van der Waals surface area contributed by atoms with Gasteiger partial charge < -0.3 is 21.4 Å². The van der Waals surface area contributed by atoms with Crippen LogP contribution in [-0.4, -0.2) is 35.3 Å². The molecule has 3 rings (SSSR count). The van der Waals surface area contributed by atoms with Crippen molar-refractivity contribution in [3.05, 3.63) is 53.5 Å². The summed E-state index contributed by atoms with van der Waals surface area (Å²) >= 11 is 0. The molecule has 1 aromatic heterocycles. The van der Waals surface area contributed by atoms with Crippen LogP contribution >= 0.6 is 0 Å². The maximum Gasteiger partial charge on any atom is 0.391 e. The van der Waals surface area contributed by atoms with E-state index >= 15 is 0 Å². The SMILES string of the molecule is CN/C=C(\C=N)Nc1nccc(-c2ccc(CNC(=O)[C@H]3CC[C@@H](C(F)(F)F)CC3)c(C)c2)n1. The van der Waals surface area contributed by atoms with Crippen LogP contribution in [0, 0.1) is 24.2 Å². The molecule has 2 aromatic rings. The average molecular weight is 475 g/mol. The first-order valence-electron chi connectivity index (χ1n) is 11.1. The van der Waals surface area contributed by atoms with Crippen molar-refractivity contribution in [3.8, 4) is 11.3 Å². The number of amides is 1. The molecule has 1 heterocycles. The number of carbonyl (C=O) groups is 1. The van der Waals surface area contributed by atoms with E-state index in [9.17, 15) is 18.0 Å². The lowest BCUT2D eigenvalue weighted by Crippen LogP contribution is -2.35. The highest BCUT2D eigenvalue weighted by Gasteiger charge is 2.42. The van der Waals surface area contributed by atoms with Gasteiger partial charge in [-0.25, -0.2) is 9.97 Å². The van der Waals surface area contributed by atoms with Crippen molar-refractivity contribution < 1.29 is 18.0 Å². The fraction of sp³-hybridized carbons (Fsp3) is 0.417. The number of aromatic nitrogens is 2. The molecule has 7 nitrogen and oxygen atoms in total. The predicted octanol–water partition coefficient (Wildman–Crippen LogP) is 4.56. The zero-order valence-electron chi connectivity index (χ0n) is 19.2. The van der Waals surface area contributed by atoms with Crippen LogP contribution in [0.25, 0.3) is 11.3 Å². The number of alkyl halides is 3. The molecular formula is C24H29F3N6O. The van der Waals surface area contributed by atoms with Gasteiger partial charge in [-0.1, -0.05) is 12.1 Å². The molecule has 34 heavy (non-hydrogen) atoms. The van der Waals surface area contributed by atoms with E-state index in [-0.39, 0.29) is 37.5 Å². The number of hydrogen-bond donors (Lipinski definition) is 4. The number of aryl methyl sites for hydroxylation is 1. The van der Waals surface area contributed by atoms with E-state index in [0.29, 0.717) is 23.9 Å². The van der Waals surface area contributed by atoms with E-state index in [1.54, 1.807) is 25.5 Å². The Morgan fingerprint density at radius 2 is 1.94 bits per heavy atom. The monoisotopic (exact) mass is 474 g/mol. The molecule has 1 fully saturated rings. The number of halogens is 3. The van der Waals surface area contributed by atoms with Gasteiger partial charge in [0, 0.05) is 43.7 Å². The van der Waals surface area contributed by atoms with Crippen LogP contribution in [0.15, 0.2) is 42.4 Å². The van der Waals surface area contributed by atoms with Crippen molar-refractivity contribution >= 4 is 18.1 Å². The predicted molar refractivity (Wildman–Crippen MR) is 125 cm³/mol. The first-order chi connectivity index (χ1) is 16.2. The maximum atomic E-state index is 12.8. The van der Waals surface area contributed by atoms with E-state index in [0.717, 1.165) is 22.9 Å². The summed E-state index contributed by atoms with van der Waals surface area (Å²) in [6.45, 7) is 2.25. The number of allylic oxidation sites excluding steroid dienone is 1. The van der Waals surface area contributed by atoms with Crippen LogP contribution in [0.1, 0.15) is 36.8 Å². The van der Waals surface area contributed by atoms with E-state index in [1.807, 2.05) is 25.1 Å². The highest BCUT2D eigenvalue weighted by atomic mass is 19.4. The van der Waals surface area contributed by atoms with Gasteiger partial charge in [-0.05, 0) is 55.9 Å². The second-order valence-corrected chi connectivity index (χ2v) is 8.37. The lowest BCUT2D eigenvalue weighted by molar-refractivity contribution is -0.184. The van der Waals surface area contributed by atoms with Gasteiger partial charge in [-0.3, -0.25) is 4.79 Å². The Morgan fingerprint density at radius 3 is 2.56 bits per heavy atom. The van der Waals surface area contributed by atoms with Gasteiger partial charge in [0.05, 0.1) is 17.3 Å². The van der Waals surface area contributed by atoms with Gasteiger partial charge >= 0.3 is 6.18 Å². The van der Waals surface area contributed by atoms with Crippen LogP contribution < -0.4 is 16.0 Å². The molecule has 0 atom stereocenters. The fourth-order valence-electron chi connectivity index (χ4n) is 4.04. The smallest absolute Gasteiger partial charge is 0.391 e. The van der Waals surface area contributed by atoms with Crippen LogP contribution in [0.2, 0.25) is 0 Å². The topological polar surface area (TPSA) is 103 Å². The van der Waals surface area contributed by atoms with E-state index in [2.05, 4.69) is 25.9 Å². The summed E-state index contributed by atoms with van der Waals surface area (Å²) in [6.07, 6.45) is 0.784. The molecule has 1 aromatic carbocycles. The Kier molecular flexibility index (Phi) is 8.25. The van der Waals surface area contributed by atoms with Crippen molar-refractivity contribution in [2.75, 3.05) is 12.4 Å². The molecule has 182 valence electrons. The number of rotatable bonds is 8. The Morgan fingerprint density at radius 1 is 1.21 bits per heavy atom. The quantitative estimate of drug-likeness (QED) is 0.420. The number of nitrogens with zero attached hydrogens (tertiary/aromatic N) is 2. The standard InChI is InChI=1S/C24H29F3N6O/c1-15-11-17(21-9-10-30-23(33-21)32-20(12-28)14-29-2)3-4-18(15)13-31-22(34)16-5-7-19(8-6-16)24(25,26)27/h3-4,9-12,14,16,19,28-29H,5-8,13H2,1-2H3,(H,31,34)(H,30,32,33)/b20-14+,28-12?/t16-,19+. The fourth-order valence-corrected chi connectivity index (χ4v) is 4.04. The van der Waals surface area contributed by atoms with E-state index < -0.39 is 12.1 Å². The molecule has 10 heteroatoms. The van der Waals surface area contributed by atoms with Crippen molar-refractivity contribution in [1.29, 1.82) is 5.41 Å². The molecule has 0 spiro atoms. The lowest BCUT2D eigenvalue weighted by atomic mass is 9.81. The molecular weight excluding hydrogens is 445 g/mol. The molecule has 1 aliphatic carbocycles. The van der Waals surface area contributed by atoms with Gasteiger partial charge in [-0.15, -0.1) is 0 Å². The molecule has 0 radical (unpaired) electrons. The molecule has 0 saturated heterocycles. The molecule has 1 aliphatic rings. The van der Waals surface area contributed by atoms with Crippen molar-refractivity contribution in [1.82, 2.24) is 20.6 Å². The van der Waals surface area contributed by atoms with Crippen LogP contribution in [-0.2, 0) is 11.3 Å². The Balaban J connectivity index is 1.60. The van der Waals surface area contributed by atoms with Crippen LogP contribution in [0.4, 0.5) is 19.1 Å². The second kappa shape index (κ2) is 11.1. The molecule has 0 unspecified atom stereocenters. The van der Waals surface area contributed by atoms with Crippen LogP contribution in [0.3, 0.4) is 0 Å². The second-order valence-electron chi connectivity index (χ2n) is 8.37. The Labute approximate surface area is 196 Å². The lowest BCUT2D eigenvalue weighted by Gasteiger charge is -2.29. The highest BCUT2D eigenvalue weighted by Crippen LogP contribution is 2.39. The third-order valence-electron chi connectivity index (χ3n) is 6.02. The maximum absolute atomic E-state index is 12.8. The molecule has 0 aliphatic heterocycles. The molecule has 4 N–H and O–H groups in total. The number of nitrogens with one attached hydrogen (secondary N) is 4. The summed E-state index contributed by atoms with van der Waals surface area (Å²) in [4.78, 5) is 21.2. The highest BCUT2D eigenvalue weighted by molar-refractivity contribution is 5.80. The average Bonchev–Trinajstić information content (AvgIpc) is 2.82. The zero-order valence-corrected chi connectivity index (χ0v) is 19.2. The molecule has 0 bridgehead atoms. The zero-order chi connectivity index (χ0) is 24.7. The Bertz CT molecular complexity index is 1050. The minimum Gasteiger partial charge on any atom is -0.392 e. The van der Waals surface area contributed by atoms with Gasteiger partial charge in [0.25, 0.3) is 0 Å². The summed E-state index contributed by atoms with van der Waals surface area (Å²) in [5.74, 6) is -1.49.